The second-order valence-electron chi connectivity index (χ2n) is 3.68. The summed E-state index contributed by atoms with van der Waals surface area (Å²) in [4.78, 5) is 18.2. The second kappa shape index (κ2) is 3.81. The summed E-state index contributed by atoms with van der Waals surface area (Å²) < 4.78 is 0. The highest BCUT2D eigenvalue weighted by molar-refractivity contribution is 5.88. The lowest BCUT2D eigenvalue weighted by Crippen LogP contribution is -1.95. The first-order valence-corrected chi connectivity index (χ1v) is 4.95. The Morgan fingerprint density at radius 3 is 2.31 bits per heavy atom. The predicted octanol–water partition coefficient (Wildman–Crippen LogP) is 2.39. The van der Waals surface area contributed by atoms with E-state index in [1.807, 2.05) is 13.8 Å². The number of aromatic nitrogens is 2. The summed E-state index contributed by atoms with van der Waals surface area (Å²) in [6.07, 6.45) is 0. The summed E-state index contributed by atoms with van der Waals surface area (Å²) >= 11 is 0. The Bertz CT molecular complexity index is 526. The van der Waals surface area contributed by atoms with Gasteiger partial charge in [0.05, 0.1) is 11.3 Å². The first-order chi connectivity index (χ1) is 7.58. The molecule has 4 heteroatoms. The predicted molar refractivity (Wildman–Crippen MR) is 60.5 cm³/mol. The molecule has 0 amide bonds. The average Bonchev–Trinajstić information content (AvgIpc) is 2.58. The number of benzene rings is 1. The van der Waals surface area contributed by atoms with Crippen molar-refractivity contribution in [2.45, 2.75) is 13.8 Å². The van der Waals surface area contributed by atoms with Gasteiger partial charge in [-0.15, -0.1) is 0 Å². The summed E-state index contributed by atoms with van der Waals surface area (Å²) in [6.45, 7) is 3.84. The highest BCUT2D eigenvalue weighted by Gasteiger charge is 2.08. The van der Waals surface area contributed by atoms with Crippen molar-refractivity contribution in [3.05, 3.63) is 41.3 Å². The van der Waals surface area contributed by atoms with E-state index in [9.17, 15) is 4.79 Å². The lowest BCUT2D eigenvalue weighted by atomic mass is 10.1. The Balaban J connectivity index is 2.42. The van der Waals surface area contributed by atoms with Gasteiger partial charge in [-0.2, -0.15) is 0 Å². The molecule has 2 N–H and O–H groups in total. The smallest absolute Gasteiger partial charge is 0.335 e. The van der Waals surface area contributed by atoms with Gasteiger partial charge in [-0.05, 0) is 26.0 Å². The molecule has 2 aromatic rings. The summed E-state index contributed by atoms with van der Waals surface area (Å²) in [7, 11) is 0. The van der Waals surface area contributed by atoms with Gasteiger partial charge in [-0.25, -0.2) is 9.78 Å². The fraction of sp³-hybridized carbons (Fsp3) is 0.167. The third kappa shape index (κ3) is 1.82. The molecular formula is C12H12N2O2. The van der Waals surface area contributed by atoms with Crippen LogP contribution in [0.1, 0.15) is 21.9 Å². The molecule has 0 saturated carbocycles. The van der Waals surface area contributed by atoms with Crippen LogP contribution >= 0.6 is 0 Å². The van der Waals surface area contributed by atoms with E-state index in [0.29, 0.717) is 0 Å². The van der Waals surface area contributed by atoms with Gasteiger partial charge in [-0.3, -0.25) is 0 Å². The lowest BCUT2D eigenvalue weighted by Gasteiger charge is -1.99. The van der Waals surface area contributed by atoms with Crippen LogP contribution in [0.25, 0.3) is 11.3 Å². The van der Waals surface area contributed by atoms with E-state index >= 15 is 0 Å². The molecule has 0 saturated heterocycles. The minimum absolute atomic E-state index is 0.286. The molecule has 1 aromatic carbocycles. The molecule has 0 bridgehead atoms. The molecule has 82 valence electrons. The number of H-pyrrole nitrogens is 1. The minimum atomic E-state index is -0.915. The zero-order chi connectivity index (χ0) is 11.7. The van der Waals surface area contributed by atoms with Gasteiger partial charge in [0.15, 0.2) is 0 Å². The normalized spacial score (nSPS) is 10.4. The average molecular weight is 216 g/mol. The third-order valence-corrected chi connectivity index (χ3v) is 2.41. The molecule has 0 radical (unpaired) electrons. The number of imidazole rings is 1. The molecule has 16 heavy (non-hydrogen) atoms. The summed E-state index contributed by atoms with van der Waals surface area (Å²) in [6, 6.07) is 6.71. The van der Waals surface area contributed by atoms with Gasteiger partial charge < -0.3 is 10.1 Å². The molecule has 0 aliphatic carbocycles. The maximum Gasteiger partial charge on any atom is 0.335 e. The number of hydrogen-bond acceptors (Lipinski definition) is 2. The number of carbonyl (C=O) groups is 1. The van der Waals surface area contributed by atoms with E-state index in [1.54, 1.807) is 24.3 Å². The molecule has 2 rings (SSSR count). The van der Waals surface area contributed by atoms with Gasteiger partial charge >= 0.3 is 5.97 Å². The minimum Gasteiger partial charge on any atom is -0.478 e. The summed E-state index contributed by atoms with van der Waals surface area (Å²) in [5, 5.41) is 8.78. The van der Waals surface area contributed by atoms with E-state index in [2.05, 4.69) is 9.97 Å². The maximum absolute atomic E-state index is 10.7. The molecule has 1 heterocycles. The molecule has 0 unspecified atom stereocenters. The van der Waals surface area contributed by atoms with Crippen LogP contribution in [0.5, 0.6) is 0 Å². The largest absolute Gasteiger partial charge is 0.478 e. The fourth-order valence-corrected chi connectivity index (χ4v) is 1.66. The molecule has 0 atom stereocenters. The van der Waals surface area contributed by atoms with Gasteiger partial charge in [0, 0.05) is 11.3 Å². The standard InChI is InChI=1S/C12H12N2O2/c1-7-11(14-8(2)13-7)9-3-5-10(6-4-9)12(15)16/h3-6H,1-2H3,(H,13,14)(H,15,16). The Morgan fingerprint density at radius 2 is 1.88 bits per heavy atom. The van der Waals surface area contributed by atoms with E-state index < -0.39 is 5.97 Å². The van der Waals surface area contributed by atoms with E-state index in [4.69, 9.17) is 5.11 Å². The SMILES string of the molecule is Cc1nc(-c2ccc(C(=O)O)cc2)c(C)[nH]1. The van der Waals surface area contributed by atoms with Crippen molar-refractivity contribution in [1.29, 1.82) is 0 Å². The number of aromatic carboxylic acids is 1. The topological polar surface area (TPSA) is 66.0 Å². The van der Waals surface area contributed by atoms with Crippen LogP contribution in [0.4, 0.5) is 0 Å². The molecular weight excluding hydrogens is 204 g/mol. The zero-order valence-electron chi connectivity index (χ0n) is 9.11. The number of nitrogens with one attached hydrogen (secondary N) is 1. The van der Waals surface area contributed by atoms with Crippen LogP contribution in [0.2, 0.25) is 0 Å². The zero-order valence-corrected chi connectivity index (χ0v) is 9.11. The summed E-state index contributed by atoms with van der Waals surface area (Å²) in [5.41, 5.74) is 3.07. The Morgan fingerprint density at radius 1 is 1.25 bits per heavy atom. The second-order valence-corrected chi connectivity index (χ2v) is 3.68. The van der Waals surface area contributed by atoms with Crippen LogP contribution in [-0.2, 0) is 0 Å². The number of nitrogens with zero attached hydrogens (tertiary/aromatic N) is 1. The highest BCUT2D eigenvalue weighted by Crippen LogP contribution is 2.21. The van der Waals surface area contributed by atoms with Crippen LogP contribution in [0.3, 0.4) is 0 Å². The first-order valence-electron chi connectivity index (χ1n) is 4.95. The number of hydrogen-bond donors (Lipinski definition) is 2. The van der Waals surface area contributed by atoms with Crippen molar-refractivity contribution in [2.75, 3.05) is 0 Å². The summed E-state index contributed by atoms with van der Waals surface area (Å²) in [5.74, 6) is -0.0590. The van der Waals surface area contributed by atoms with Crippen LogP contribution < -0.4 is 0 Å². The Hall–Kier alpha value is -2.10. The lowest BCUT2D eigenvalue weighted by molar-refractivity contribution is 0.0697. The highest BCUT2D eigenvalue weighted by atomic mass is 16.4. The molecule has 0 aliphatic rings. The van der Waals surface area contributed by atoms with Crippen molar-refractivity contribution >= 4 is 5.97 Å². The van der Waals surface area contributed by atoms with Crippen molar-refractivity contribution < 1.29 is 9.90 Å². The maximum atomic E-state index is 10.7. The van der Waals surface area contributed by atoms with Crippen LogP contribution in [-0.4, -0.2) is 21.0 Å². The van der Waals surface area contributed by atoms with Gasteiger partial charge in [-0.1, -0.05) is 12.1 Å². The van der Waals surface area contributed by atoms with E-state index in [-0.39, 0.29) is 5.56 Å². The number of carboxylic acids is 1. The quantitative estimate of drug-likeness (QED) is 0.810. The van der Waals surface area contributed by atoms with Crippen LogP contribution in [0, 0.1) is 13.8 Å². The Labute approximate surface area is 93.0 Å². The van der Waals surface area contributed by atoms with Crippen molar-refractivity contribution in [3.63, 3.8) is 0 Å². The van der Waals surface area contributed by atoms with Gasteiger partial charge in [0.2, 0.25) is 0 Å². The number of aromatic amines is 1. The number of carboxylic acid groups (broad SMARTS) is 1. The molecule has 0 spiro atoms. The molecule has 0 aliphatic heterocycles. The van der Waals surface area contributed by atoms with E-state index in [1.165, 1.54) is 0 Å². The van der Waals surface area contributed by atoms with Crippen molar-refractivity contribution in [1.82, 2.24) is 9.97 Å². The van der Waals surface area contributed by atoms with Crippen molar-refractivity contribution in [3.8, 4) is 11.3 Å². The van der Waals surface area contributed by atoms with Gasteiger partial charge in [0.25, 0.3) is 0 Å². The molecule has 1 aromatic heterocycles. The van der Waals surface area contributed by atoms with Crippen molar-refractivity contribution in [2.24, 2.45) is 0 Å². The third-order valence-electron chi connectivity index (χ3n) is 2.41. The fourth-order valence-electron chi connectivity index (χ4n) is 1.66. The number of rotatable bonds is 2. The van der Waals surface area contributed by atoms with Crippen LogP contribution in [0.15, 0.2) is 24.3 Å². The van der Waals surface area contributed by atoms with Gasteiger partial charge in [0.1, 0.15) is 5.82 Å². The monoisotopic (exact) mass is 216 g/mol. The molecule has 0 fully saturated rings. The Kier molecular flexibility index (Phi) is 2.48. The number of aryl methyl sites for hydroxylation is 2. The molecule has 4 nitrogen and oxygen atoms in total. The first kappa shape index (κ1) is 10.4. The van der Waals surface area contributed by atoms with E-state index in [0.717, 1.165) is 22.8 Å².